The average Bonchev–Trinajstić information content (AvgIpc) is 2.84. The van der Waals surface area contributed by atoms with Gasteiger partial charge in [-0.1, -0.05) is 0 Å². The van der Waals surface area contributed by atoms with Gasteiger partial charge >= 0.3 is 0 Å². The van der Waals surface area contributed by atoms with Crippen LogP contribution in [0.25, 0.3) is 0 Å². The van der Waals surface area contributed by atoms with Gasteiger partial charge in [0.1, 0.15) is 17.3 Å². The Labute approximate surface area is 104 Å². The molecule has 0 aliphatic carbocycles. The van der Waals surface area contributed by atoms with Gasteiger partial charge in [0.15, 0.2) is 0 Å². The number of H-pyrrole nitrogens is 1. The van der Waals surface area contributed by atoms with Crippen LogP contribution in [0.5, 0.6) is 11.5 Å². The number of carbonyl (C=O) groups is 1. The Bertz CT molecular complexity index is 552. The SMILES string of the molecule is CN(Cc1ncc[nH]1)C(=O)c1cc(O)ccc1O. The summed E-state index contributed by atoms with van der Waals surface area (Å²) < 4.78 is 0. The standard InChI is InChI=1S/C12H13N3O3/c1-15(7-11-13-4-5-14-11)12(18)9-6-8(16)2-3-10(9)17/h2-6,16-17H,7H2,1H3,(H,13,14). The number of imidazole rings is 1. The minimum Gasteiger partial charge on any atom is -0.508 e. The van der Waals surface area contributed by atoms with Crippen molar-refractivity contribution in [2.75, 3.05) is 7.05 Å². The van der Waals surface area contributed by atoms with Crippen molar-refractivity contribution in [1.29, 1.82) is 0 Å². The molecule has 6 nitrogen and oxygen atoms in total. The van der Waals surface area contributed by atoms with Gasteiger partial charge in [0, 0.05) is 19.4 Å². The van der Waals surface area contributed by atoms with Crippen LogP contribution in [0.3, 0.4) is 0 Å². The number of amides is 1. The number of aromatic hydroxyl groups is 2. The van der Waals surface area contributed by atoms with Crippen molar-refractivity contribution in [1.82, 2.24) is 14.9 Å². The van der Waals surface area contributed by atoms with E-state index in [1.165, 1.54) is 23.1 Å². The molecule has 0 fully saturated rings. The minimum atomic E-state index is -0.389. The first-order chi connectivity index (χ1) is 8.58. The summed E-state index contributed by atoms with van der Waals surface area (Å²) in [6.45, 7) is 0.293. The smallest absolute Gasteiger partial charge is 0.257 e. The molecule has 1 aromatic carbocycles. The van der Waals surface area contributed by atoms with Crippen LogP contribution < -0.4 is 0 Å². The zero-order chi connectivity index (χ0) is 13.1. The summed E-state index contributed by atoms with van der Waals surface area (Å²) >= 11 is 0. The number of aromatic amines is 1. The van der Waals surface area contributed by atoms with Crippen molar-refractivity contribution in [3.63, 3.8) is 0 Å². The maximum absolute atomic E-state index is 12.1. The van der Waals surface area contributed by atoms with Crippen LogP contribution in [0.1, 0.15) is 16.2 Å². The first kappa shape index (κ1) is 12.0. The predicted octanol–water partition coefficient (Wildman–Crippen LogP) is 1.09. The fourth-order valence-electron chi connectivity index (χ4n) is 1.58. The molecule has 1 amide bonds. The van der Waals surface area contributed by atoms with E-state index in [4.69, 9.17) is 0 Å². The van der Waals surface area contributed by atoms with Crippen LogP contribution in [0.2, 0.25) is 0 Å². The van der Waals surface area contributed by atoms with Crippen molar-refractivity contribution in [2.45, 2.75) is 6.54 Å². The number of hydrogen-bond donors (Lipinski definition) is 3. The van der Waals surface area contributed by atoms with Crippen molar-refractivity contribution >= 4 is 5.91 Å². The minimum absolute atomic E-state index is 0.0593. The summed E-state index contributed by atoms with van der Waals surface area (Å²) in [5.74, 6) is 0.0249. The van der Waals surface area contributed by atoms with E-state index < -0.39 is 0 Å². The number of carbonyl (C=O) groups excluding carboxylic acids is 1. The third kappa shape index (κ3) is 2.42. The molecule has 0 aliphatic heterocycles. The van der Waals surface area contributed by atoms with Crippen molar-refractivity contribution in [2.24, 2.45) is 0 Å². The van der Waals surface area contributed by atoms with Crippen LogP contribution in [-0.4, -0.2) is 38.0 Å². The lowest BCUT2D eigenvalue weighted by atomic mass is 10.1. The molecule has 0 unspecified atom stereocenters. The molecule has 94 valence electrons. The maximum Gasteiger partial charge on any atom is 0.257 e. The van der Waals surface area contributed by atoms with Gasteiger partial charge in [0.25, 0.3) is 5.91 Å². The van der Waals surface area contributed by atoms with E-state index in [2.05, 4.69) is 9.97 Å². The zero-order valence-corrected chi connectivity index (χ0v) is 9.79. The molecule has 1 heterocycles. The maximum atomic E-state index is 12.1. The van der Waals surface area contributed by atoms with Gasteiger partial charge in [-0.2, -0.15) is 0 Å². The van der Waals surface area contributed by atoms with E-state index in [-0.39, 0.29) is 23.0 Å². The molecule has 3 N–H and O–H groups in total. The van der Waals surface area contributed by atoms with Gasteiger partial charge in [-0.15, -0.1) is 0 Å². The number of nitrogens with zero attached hydrogens (tertiary/aromatic N) is 2. The highest BCUT2D eigenvalue weighted by Gasteiger charge is 2.17. The topological polar surface area (TPSA) is 89.5 Å². The lowest BCUT2D eigenvalue weighted by molar-refractivity contribution is 0.0778. The molecule has 1 aromatic heterocycles. The van der Waals surface area contributed by atoms with Gasteiger partial charge in [0.2, 0.25) is 0 Å². The van der Waals surface area contributed by atoms with Crippen LogP contribution >= 0.6 is 0 Å². The van der Waals surface area contributed by atoms with E-state index in [0.717, 1.165) is 0 Å². The lowest BCUT2D eigenvalue weighted by Crippen LogP contribution is -2.26. The molecule has 0 bridgehead atoms. The quantitative estimate of drug-likeness (QED) is 0.708. The molecule has 6 heteroatoms. The average molecular weight is 247 g/mol. The third-order valence-electron chi connectivity index (χ3n) is 2.50. The van der Waals surface area contributed by atoms with E-state index in [0.29, 0.717) is 12.4 Å². The second-order valence-electron chi connectivity index (χ2n) is 3.90. The van der Waals surface area contributed by atoms with Gasteiger partial charge in [-0.25, -0.2) is 4.98 Å². The van der Waals surface area contributed by atoms with Crippen molar-refractivity contribution in [3.05, 3.63) is 42.0 Å². The van der Waals surface area contributed by atoms with Crippen LogP contribution in [0.15, 0.2) is 30.6 Å². The molecule has 0 aliphatic rings. The Morgan fingerprint density at radius 1 is 1.44 bits per heavy atom. The predicted molar refractivity (Wildman–Crippen MR) is 64.2 cm³/mol. The Balaban J connectivity index is 2.17. The number of phenolic OH excluding ortho intramolecular Hbond substituents is 2. The summed E-state index contributed by atoms with van der Waals surface area (Å²) in [6, 6.07) is 3.83. The molecule has 2 aromatic rings. The summed E-state index contributed by atoms with van der Waals surface area (Å²) in [6.07, 6.45) is 3.26. The van der Waals surface area contributed by atoms with Gasteiger partial charge < -0.3 is 20.1 Å². The molecular weight excluding hydrogens is 234 g/mol. The highest BCUT2D eigenvalue weighted by atomic mass is 16.3. The van der Waals surface area contributed by atoms with Crippen LogP contribution in [-0.2, 0) is 6.54 Å². The Hall–Kier alpha value is -2.50. The number of rotatable bonds is 3. The lowest BCUT2D eigenvalue weighted by Gasteiger charge is -2.16. The number of hydrogen-bond acceptors (Lipinski definition) is 4. The molecule has 0 saturated heterocycles. The van der Waals surface area contributed by atoms with Crippen molar-refractivity contribution < 1.29 is 15.0 Å². The molecule has 18 heavy (non-hydrogen) atoms. The van der Waals surface area contributed by atoms with E-state index in [1.54, 1.807) is 19.4 Å². The number of benzene rings is 1. The molecule has 0 radical (unpaired) electrons. The molecule has 0 spiro atoms. The van der Waals surface area contributed by atoms with E-state index in [1.807, 2.05) is 0 Å². The second-order valence-corrected chi connectivity index (χ2v) is 3.90. The monoisotopic (exact) mass is 247 g/mol. The fraction of sp³-hybridized carbons (Fsp3) is 0.167. The van der Waals surface area contributed by atoms with Gasteiger partial charge in [0.05, 0.1) is 12.1 Å². The first-order valence-electron chi connectivity index (χ1n) is 5.33. The molecule has 2 rings (SSSR count). The fourth-order valence-corrected chi connectivity index (χ4v) is 1.58. The summed E-state index contributed by atoms with van der Waals surface area (Å²) in [5.41, 5.74) is 0.0593. The number of phenols is 2. The van der Waals surface area contributed by atoms with Gasteiger partial charge in [-0.05, 0) is 18.2 Å². The molecular formula is C12H13N3O3. The van der Waals surface area contributed by atoms with Crippen molar-refractivity contribution in [3.8, 4) is 11.5 Å². The van der Waals surface area contributed by atoms with Gasteiger partial charge in [-0.3, -0.25) is 4.79 Å². The van der Waals surface area contributed by atoms with E-state index >= 15 is 0 Å². The first-order valence-corrected chi connectivity index (χ1v) is 5.33. The van der Waals surface area contributed by atoms with Crippen LogP contribution in [0.4, 0.5) is 0 Å². The summed E-state index contributed by atoms with van der Waals surface area (Å²) in [4.78, 5) is 20.3. The number of aromatic nitrogens is 2. The van der Waals surface area contributed by atoms with E-state index in [9.17, 15) is 15.0 Å². The Kier molecular flexibility index (Phi) is 3.18. The normalized spacial score (nSPS) is 10.3. The molecule has 0 saturated carbocycles. The highest BCUT2D eigenvalue weighted by molar-refractivity contribution is 5.97. The largest absolute Gasteiger partial charge is 0.508 e. The molecule has 0 atom stereocenters. The Morgan fingerprint density at radius 3 is 2.89 bits per heavy atom. The summed E-state index contributed by atoms with van der Waals surface area (Å²) in [7, 11) is 1.59. The van der Waals surface area contributed by atoms with Crippen LogP contribution in [0, 0.1) is 0 Å². The number of nitrogens with one attached hydrogen (secondary N) is 1. The summed E-state index contributed by atoms with van der Waals surface area (Å²) in [5, 5.41) is 18.9. The zero-order valence-electron chi connectivity index (χ0n) is 9.79. The Morgan fingerprint density at radius 2 is 2.22 bits per heavy atom. The highest BCUT2D eigenvalue weighted by Crippen LogP contribution is 2.23. The second kappa shape index (κ2) is 4.79. The third-order valence-corrected chi connectivity index (χ3v) is 2.50.